The van der Waals surface area contributed by atoms with Gasteiger partial charge in [-0.15, -0.1) is 0 Å². The molecule has 0 bridgehead atoms. The number of hydrogen-bond acceptors (Lipinski definition) is 1. The first-order valence-corrected chi connectivity index (χ1v) is 11.2. The fourth-order valence-corrected chi connectivity index (χ4v) is 6.63. The summed E-state index contributed by atoms with van der Waals surface area (Å²) in [7, 11) is -1.16. The number of rotatable bonds is 4. The highest BCUT2D eigenvalue weighted by atomic mass is 28.3. The van der Waals surface area contributed by atoms with E-state index in [4.69, 9.17) is 5.40 Å². The van der Waals surface area contributed by atoms with Gasteiger partial charge < -0.3 is 5.40 Å². The predicted molar refractivity (Wildman–Crippen MR) is 105 cm³/mol. The molecule has 2 saturated carbocycles. The van der Waals surface area contributed by atoms with Gasteiger partial charge in [-0.1, -0.05) is 74.2 Å². The van der Waals surface area contributed by atoms with Gasteiger partial charge in [0.1, 0.15) is 0 Å². The van der Waals surface area contributed by atoms with Crippen molar-refractivity contribution in [2.75, 3.05) is 0 Å². The summed E-state index contributed by atoms with van der Waals surface area (Å²) >= 11 is 0. The lowest BCUT2D eigenvalue weighted by Gasteiger charge is -2.25. The molecule has 125 valence electrons. The quantitative estimate of drug-likeness (QED) is 0.838. The fourth-order valence-electron chi connectivity index (χ4n) is 4.85. The monoisotopic (exact) mass is 334 g/mol. The summed E-state index contributed by atoms with van der Waals surface area (Å²) in [6.07, 6.45) is 11.1. The molecule has 2 aliphatic carbocycles. The molecule has 0 unspecified atom stereocenters. The SMILES string of the molecule is N[Si](c1ccccc1)c1cccc(C2CCCC2)c1C1CCCC1. The summed E-state index contributed by atoms with van der Waals surface area (Å²) in [4.78, 5) is 0. The molecule has 2 aromatic rings. The van der Waals surface area contributed by atoms with Crippen LogP contribution in [0.2, 0.25) is 0 Å². The van der Waals surface area contributed by atoms with Gasteiger partial charge in [0, 0.05) is 0 Å². The lowest BCUT2D eigenvalue weighted by molar-refractivity contribution is 0.668. The highest BCUT2D eigenvalue weighted by molar-refractivity contribution is 6.82. The highest BCUT2D eigenvalue weighted by Gasteiger charge is 2.29. The van der Waals surface area contributed by atoms with Crippen molar-refractivity contribution in [1.29, 1.82) is 0 Å². The minimum atomic E-state index is -1.16. The Hall–Kier alpha value is -1.38. The Balaban J connectivity index is 1.79. The zero-order valence-electron chi connectivity index (χ0n) is 14.5. The van der Waals surface area contributed by atoms with Gasteiger partial charge in [0.2, 0.25) is 8.96 Å². The van der Waals surface area contributed by atoms with E-state index in [1.165, 1.54) is 61.7 Å². The molecule has 0 atom stereocenters. The topological polar surface area (TPSA) is 26.0 Å². The van der Waals surface area contributed by atoms with Gasteiger partial charge in [0.25, 0.3) is 0 Å². The van der Waals surface area contributed by atoms with Crippen molar-refractivity contribution in [3.8, 4) is 0 Å². The van der Waals surface area contributed by atoms with Gasteiger partial charge in [-0.25, -0.2) is 0 Å². The third-order valence-electron chi connectivity index (χ3n) is 6.07. The van der Waals surface area contributed by atoms with Crippen LogP contribution in [0.3, 0.4) is 0 Å². The Bertz CT molecular complexity index is 670. The molecule has 2 heteroatoms. The summed E-state index contributed by atoms with van der Waals surface area (Å²) < 4.78 is 0. The lowest BCUT2D eigenvalue weighted by Crippen LogP contribution is -2.52. The molecule has 0 amide bonds. The van der Waals surface area contributed by atoms with E-state index in [-0.39, 0.29) is 0 Å². The largest absolute Gasteiger partial charge is 0.344 e. The summed E-state index contributed by atoms with van der Waals surface area (Å²) in [5.74, 6) is 1.54. The summed E-state index contributed by atoms with van der Waals surface area (Å²) in [5.41, 5.74) is 3.32. The van der Waals surface area contributed by atoms with Gasteiger partial charge in [-0.3, -0.25) is 0 Å². The normalized spacial score (nSPS) is 19.4. The number of nitrogens with two attached hydrogens (primary N) is 1. The standard InChI is InChI=1S/C22H28NSi/c23-24(19-13-2-1-3-14-19)21-16-8-15-20(17-9-4-5-10-17)22(21)18-11-6-7-12-18/h1-3,8,13-18H,4-7,9-12,23H2. The Morgan fingerprint density at radius 1 is 0.708 bits per heavy atom. The van der Waals surface area contributed by atoms with E-state index in [1.807, 2.05) is 0 Å². The maximum atomic E-state index is 6.85. The molecule has 0 aliphatic heterocycles. The van der Waals surface area contributed by atoms with E-state index < -0.39 is 8.96 Å². The average molecular weight is 335 g/mol. The van der Waals surface area contributed by atoms with Crippen molar-refractivity contribution in [3.63, 3.8) is 0 Å². The molecule has 2 aromatic carbocycles. The van der Waals surface area contributed by atoms with E-state index in [9.17, 15) is 0 Å². The smallest absolute Gasteiger partial charge is 0.203 e. The number of benzene rings is 2. The molecule has 0 spiro atoms. The molecule has 2 fully saturated rings. The second kappa shape index (κ2) is 7.24. The Morgan fingerprint density at radius 2 is 1.33 bits per heavy atom. The maximum Gasteiger partial charge on any atom is 0.203 e. The zero-order chi connectivity index (χ0) is 16.4. The number of hydrogen-bond donors (Lipinski definition) is 1. The lowest BCUT2D eigenvalue weighted by atomic mass is 9.85. The Labute approximate surface area is 148 Å². The Kier molecular flexibility index (Phi) is 4.86. The minimum absolute atomic E-state index is 0.754. The van der Waals surface area contributed by atoms with Crippen molar-refractivity contribution in [2.45, 2.75) is 63.2 Å². The minimum Gasteiger partial charge on any atom is -0.344 e. The maximum absolute atomic E-state index is 6.85. The van der Waals surface area contributed by atoms with Gasteiger partial charge in [0.05, 0.1) is 0 Å². The molecule has 1 radical (unpaired) electrons. The average Bonchev–Trinajstić information content (AvgIpc) is 3.35. The summed E-state index contributed by atoms with van der Waals surface area (Å²) in [6.45, 7) is 0. The molecule has 2 N–H and O–H groups in total. The van der Waals surface area contributed by atoms with Crippen LogP contribution in [0.5, 0.6) is 0 Å². The van der Waals surface area contributed by atoms with Gasteiger partial charge >= 0.3 is 0 Å². The van der Waals surface area contributed by atoms with Crippen LogP contribution in [0.15, 0.2) is 48.5 Å². The molecule has 0 heterocycles. The van der Waals surface area contributed by atoms with E-state index >= 15 is 0 Å². The van der Waals surface area contributed by atoms with E-state index in [2.05, 4.69) is 48.5 Å². The van der Waals surface area contributed by atoms with Crippen molar-refractivity contribution in [1.82, 2.24) is 0 Å². The first kappa shape index (κ1) is 16.1. The van der Waals surface area contributed by atoms with Crippen molar-refractivity contribution >= 4 is 19.3 Å². The van der Waals surface area contributed by atoms with Crippen LogP contribution in [0.1, 0.15) is 74.3 Å². The molecule has 0 saturated heterocycles. The molecule has 24 heavy (non-hydrogen) atoms. The van der Waals surface area contributed by atoms with E-state index in [0.29, 0.717) is 0 Å². The molecule has 2 aliphatic rings. The van der Waals surface area contributed by atoms with Crippen LogP contribution < -0.4 is 15.8 Å². The molecule has 1 nitrogen and oxygen atoms in total. The summed E-state index contributed by atoms with van der Waals surface area (Å²) in [6, 6.07) is 17.8. The first-order valence-electron chi connectivity index (χ1n) is 9.65. The zero-order valence-corrected chi connectivity index (χ0v) is 15.5. The highest BCUT2D eigenvalue weighted by Crippen LogP contribution is 2.41. The third-order valence-corrected chi connectivity index (χ3v) is 8.04. The molecular weight excluding hydrogens is 306 g/mol. The third kappa shape index (κ3) is 3.10. The predicted octanol–water partition coefficient (Wildman–Crippen LogP) is 4.07. The van der Waals surface area contributed by atoms with Crippen LogP contribution in [-0.2, 0) is 0 Å². The van der Waals surface area contributed by atoms with Crippen LogP contribution in [0, 0.1) is 0 Å². The second-order valence-corrected chi connectivity index (χ2v) is 9.49. The molecular formula is C22H28NSi. The second-order valence-electron chi connectivity index (χ2n) is 7.55. The summed E-state index contributed by atoms with van der Waals surface area (Å²) in [5, 5.41) is 9.68. The van der Waals surface area contributed by atoms with Crippen LogP contribution in [-0.4, -0.2) is 8.96 Å². The molecule has 0 aromatic heterocycles. The first-order chi connectivity index (χ1) is 11.8. The van der Waals surface area contributed by atoms with Crippen molar-refractivity contribution in [3.05, 3.63) is 59.7 Å². The Morgan fingerprint density at radius 3 is 2.00 bits per heavy atom. The van der Waals surface area contributed by atoms with Gasteiger partial charge in [-0.2, -0.15) is 0 Å². The van der Waals surface area contributed by atoms with E-state index in [0.717, 1.165) is 11.8 Å². The fraction of sp³-hybridized carbons (Fsp3) is 0.455. The van der Waals surface area contributed by atoms with E-state index in [1.54, 1.807) is 11.1 Å². The van der Waals surface area contributed by atoms with Gasteiger partial charge in [0.15, 0.2) is 0 Å². The molecule has 4 rings (SSSR count). The van der Waals surface area contributed by atoms with Crippen LogP contribution in [0.25, 0.3) is 0 Å². The van der Waals surface area contributed by atoms with Crippen LogP contribution in [0.4, 0.5) is 0 Å². The van der Waals surface area contributed by atoms with Gasteiger partial charge in [-0.05, 0) is 59.0 Å². The van der Waals surface area contributed by atoms with Crippen molar-refractivity contribution < 1.29 is 0 Å². The van der Waals surface area contributed by atoms with Crippen molar-refractivity contribution in [2.24, 2.45) is 5.40 Å². The van der Waals surface area contributed by atoms with Crippen LogP contribution >= 0.6 is 0 Å².